The van der Waals surface area contributed by atoms with Gasteiger partial charge >= 0.3 is 0 Å². The summed E-state index contributed by atoms with van der Waals surface area (Å²) in [5.74, 6) is -0.152. The van der Waals surface area contributed by atoms with Crippen molar-refractivity contribution in [2.24, 2.45) is 0 Å². The molecule has 2 aromatic carbocycles. The lowest BCUT2D eigenvalue weighted by Gasteiger charge is -2.26. The van der Waals surface area contributed by atoms with E-state index in [0.717, 1.165) is 19.3 Å². The molecule has 0 aromatic heterocycles. The number of aliphatic hydroxyl groups excluding tert-OH is 1. The summed E-state index contributed by atoms with van der Waals surface area (Å²) in [6, 6.07) is 11.5. The minimum atomic E-state index is -0.738. The first-order valence-corrected chi connectivity index (χ1v) is 11.2. The summed E-state index contributed by atoms with van der Waals surface area (Å²) < 4.78 is 16.3. The van der Waals surface area contributed by atoms with Gasteiger partial charge in [-0.2, -0.15) is 0 Å². The van der Waals surface area contributed by atoms with E-state index in [1.165, 1.54) is 14.2 Å². The number of benzene rings is 2. The molecule has 1 amide bonds. The van der Waals surface area contributed by atoms with Gasteiger partial charge in [0.2, 0.25) is 0 Å². The second-order valence-corrected chi connectivity index (χ2v) is 7.77. The van der Waals surface area contributed by atoms with Gasteiger partial charge in [0.05, 0.1) is 38.0 Å². The second kappa shape index (κ2) is 10.9. The van der Waals surface area contributed by atoms with Crippen molar-refractivity contribution < 1.29 is 28.9 Å². The monoisotopic (exact) mass is 453 g/mol. The minimum Gasteiger partial charge on any atom is -0.507 e. The lowest BCUT2D eigenvalue weighted by Crippen LogP contribution is -2.30. The summed E-state index contributed by atoms with van der Waals surface area (Å²) in [5, 5.41) is 11.3. The molecule has 7 nitrogen and oxygen atoms in total. The summed E-state index contributed by atoms with van der Waals surface area (Å²) in [6.07, 6.45) is 2.67. The highest BCUT2D eigenvalue weighted by Crippen LogP contribution is 2.42. The zero-order chi connectivity index (χ0) is 24.0. The Morgan fingerprint density at radius 3 is 2.45 bits per heavy atom. The third-order valence-corrected chi connectivity index (χ3v) is 5.69. The van der Waals surface area contributed by atoms with E-state index in [0.29, 0.717) is 36.0 Å². The van der Waals surface area contributed by atoms with Gasteiger partial charge < -0.3 is 24.2 Å². The minimum absolute atomic E-state index is 0.0247. The number of hydrogen-bond acceptors (Lipinski definition) is 6. The molecule has 1 N–H and O–H groups in total. The predicted molar refractivity (Wildman–Crippen MR) is 126 cm³/mol. The number of amides is 1. The van der Waals surface area contributed by atoms with Crippen molar-refractivity contribution in [3.8, 4) is 17.2 Å². The number of ether oxygens (including phenoxy) is 3. The van der Waals surface area contributed by atoms with Gasteiger partial charge in [0, 0.05) is 6.54 Å². The topological polar surface area (TPSA) is 85.3 Å². The van der Waals surface area contributed by atoms with Crippen LogP contribution in [0.15, 0.2) is 48.0 Å². The Morgan fingerprint density at radius 2 is 1.79 bits per heavy atom. The Labute approximate surface area is 194 Å². The molecule has 3 rings (SSSR count). The molecule has 1 heterocycles. The highest BCUT2D eigenvalue weighted by Gasteiger charge is 2.46. The molecule has 33 heavy (non-hydrogen) atoms. The smallest absolute Gasteiger partial charge is 0.295 e. The van der Waals surface area contributed by atoms with Crippen LogP contribution < -0.4 is 14.2 Å². The number of hydrogen-bond donors (Lipinski definition) is 1. The lowest BCUT2D eigenvalue weighted by molar-refractivity contribution is -0.139. The van der Waals surface area contributed by atoms with E-state index < -0.39 is 17.7 Å². The van der Waals surface area contributed by atoms with Crippen LogP contribution in [-0.4, -0.2) is 49.1 Å². The number of carbonyl (C=O) groups excluding carboxylic acids is 2. The number of methoxy groups -OCH3 is 2. The fourth-order valence-electron chi connectivity index (χ4n) is 4.07. The van der Waals surface area contributed by atoms with E-state index in [-0.39, 0.29) is 16.9 Å². The molecule has 176 valence electrons. The first-order chi connectivity index (χ1) is 16.0. The molecule has 0 radical (unpaired) electrons. The number of ketones is 1. The number of Topliss-reactive ketones (excluding diaryl/α,β-unsaturated/α-hetero) is 1. The molecule has 0 aliphatic carbocycles. The summed E-state index contributed by atoms with van der Waals surface area (Å²) in [4.78, 5) is 27.8. The van der Waals surface area contributed by atoms with E-state index in [4.69, 9.17) is 14.2 Å². The van der Waals surface area contributed by atoms with Crippen molar-refractivity contribution in [3.05, 3.63) is 59.2 Å². The summed E-state index contributed by atoms with van der Waals surface area (Å²) in [5.41, 5.74) is 1.01. The highest BCUT2D eigenvalue weighted by atomic mass is 16.5. The van der Waals surface area contributed by atoms with Crippen molar-refractivity contribution in [3.63, 3.8) is 0 Å². The molecule has 0 spiro atoms. The first kappa shape index (κ1) is 24.2. The van der Waals surface area contributed by atoms with E-state index in [2.05, 4.69) is 6.92 Å². The molecule has 1 saturated heterocycles. The van der Waals surface area contributed by atoms with Gasteiger partial charge in [0.25, 0.3) is 11.7 Å². The predicted octanol–water partition coefficient (Wildman–Crippen LogP) is 4.71. The number of unbranched alkanes of at least 4 members (excludes halogenated alkanes) is 2. The fraction of sp³-hybridized carbons (Fsp3) is 0.385. The van der Waals surface area contributed by atoms with Crippen molar-refractivity contribution in [2.75, 3.05) is 27.4 Å². The van der Waals surface area contributed by atoms with Crippen molar-refractivity contribution >= 4 is 17.4 Å². The molecule has 0 bridgehead atoms. The molecule has 1 aliphatic heterocycles. The van der Waals surface area contributed by atoms with Crippen LogP contribution in [0.3, 0.4) is 0 Å². The average Bonchev–Trinajstić information content (AvgIpc) is 3.08. The zero-order valence-corrected chi connectivity index (χ0v) is 19.6. The molecule has 1 aliphatic rings. The average molecular weight is 454 g/mol. The Balaban J connectivity index is 2.19. The molecule has 2 aromatic rings. The first-order valence-electron chi connectivity index (χ1n) is 11.2. The van der Waals surface area contributed by atoms with Gasteiger partial charge in [0.1, 0.15) is 23.0 Å². The van der Waals surface area contributed by atoms with Crippen LogP contribution in [0, 0.1) is 0 Å². The molecular formula is C26H31NO6. The van der Waals surface area contributed by atoms with Crippen molar-refractivity contribution in [1.82, 2.24) is 4.90 Å². The molecule has 0 saturated carbocycles. The third-order valence-electron chi connectivity index (χ3n) is 5.69. The van der Waals surface area contributed by atoms with Crippen LogP contribution in [0.25, 0.3) is 5.76 Å². The lowest BCUT2D eigenvalue weighted by atomic mass is 9.94. The molecule has 1 fully saturated rings. The number of aliphatic hydroxyl groups is 1. The molecule has 1 unspecified atom stereocenters. The summed E-state index contributed by atoms with van der Waals surface area (Å²) in [6.45, 7) is 4.86. The maximum atomic E-state index is 13.2. The number of likely N-dealkylation sites (tertiary alicyclic amines) is 1. The molecule has 7 heteroatoms. The summed E-state index contributed by atoms with van der Waals surface area (Å²) >= 11 is 0. The van der Waals surface area contributed by atoms with Crippen LogP contribution >= 0.6 is 0 Å². The van der Waals surface area contributed by atoms with E-state index >= 15 is 0 Å². The quantitative estimate of drug-likeness (QED) is 0.243. The van der Waals surface area contributed by atoms with Crippen LogP contribution in [0.4, 0.5) is 0 Å². The van der Waals surface area contributed by atoms with Gasteiger partial charge in [-0.3, -0.25) is 9.59 Å². The van der Waals surface area contributed by atoms with Crippen LogP contribution in [0.2, 0.25) is 0 Å². The maximum absolute atomic E-state index is 13.2. The van der Waals surface area contributed by atoms with Crippen LogP contribution in [0.5, 0.6) is 17.2 Å². The number of nitrogens with zero attached hydrogens (tertiary/aromatic N) is 1. The zero-order valence-electron chi connectivity index (χ0n) is 19.6. The summed E-state index contributed by atoms with van der Waals surface area (Å²) in [7, 11) is 2.99. The van der Waals surface area contributed by atoms with E-state index in [1.807, 2.05) is 31.2 Å². The van der Waals surface area contributed by atoms with Gasteiger partial charge in [-0.1, -0.05) is 31.9 Å². The third kappa shape index (κ3) is 4.97. The van der Waals surface area contributed by atoms with Gasteiger partial charge in [-0.05, 0) is 49.2 Å². The van der Waals surface area contributed by atoms with Gasteiger partial charge in [-0.15, -0.1) is 0 Å². The standard InChI is InChI=1S/C26H31NO6/c1-5-7-8-14-27-23(17-10-9-11-19(15-17)33-6-2)22(25(29)26(27)30)24(28)20-16-18(31-3)12-13-21(20)32-4/h9-13,15-16,23,28H,5-8,14H2,1-4H3/b24-22+. The number of carbonyl (C=O) groups is 2. The second-order valence-electron chi connectivity index (χ2n) is 7.77. The fourth-order valence-corrected chi connectivity index (χ4v) is 4.07. The van der Waals surface area contributed by atoms with Gasteiger partial charge in [-0.25, -0.2) is 0 Å². The van der Waals surface area contributed by atoms with Crippen LogP contribution in [0.1, 0.15) is 50.3 Å². The number of rotatable bonds is 10. The SMILES string of the molecule is CCCCCN1C(=O)C(=O)/C(=C(/O)c2cc(OC)ccc2OC)C1c1cccc(OCC)c1. The Kier molecular flexibility index (Phi) is 7.98. The Morgan fingerprint density at radius 1 is 1.00 bits per heavy atom. The maximum Gasteiger partial charge on any atom is 0.295 e. The highest BCUT2D eigenvalue weighted by molar-refractivity contribution is 6.46. The van der Waals surface area contributed by atoms with Crippen LogP contribution in [-0.2, 0) is 9.59 Å². The Hall–Kier alpha value is -3.48. The normalized spacial score (nSPS) is 17.3. The Bertz CT molecular complexity index is 1040. The van der Waals surface area contributed by atoms with E-state index in [1.54, 1.807) is 23.1 Å². The molecule has 1 atom stereocenters. The molecular weight excluding hydrogens is 422 g/mol. The van der Waals surface area contributed by atoms with Crippen molar-refractivity contribution in [2.45, 2.75) is 39.2 Å². The van der Waals surface area contributed by atoms with E-state index in [9.17, 15) is 14.7 Å². The van der Waals surface area contributed by atoms with Crippen molar-refractivity contribution in [1.29, 1.82) is 0 Å². The van der Waals surface area contributed by atoms with Gasteiger partial charge in [0.15, 0.2) is 0 Å². The largest absolute Gasteiger partial charge is 0.507 e.